The maximum Gasteiger partial charge on any atom is 0.240 e. The maximum absolute atomic E-state index is 12.4. The molecular weight excluding hydrogens is 406 g/mol. The third-order valence-electron chi connectivity index (χ3n) is 4.98. The number of carbonyl (C=O) groups excluding carboxylic acids is 3. The Hall–Kier alpha value is -2.26. The van der Waals surface area contributed by atoms with Crippen LogP contribution in [-0.4, -0.2) is 56.6 Å². The lowest BCUT2D eigenvalue weighted by atomic mass is 9.93. The van der Waals surface area contributed by atoms with Crippen LogP contribution in [0, 0.1) is 5.41 Å². The minimum Gasteiger partial charge on any atom is -0.353 e. The minimum atomic E-state index is -3.80. The summed E-state index contributed by atoms with van der Waals surface area (Å²) in [5.41, 5.74) is -0.108. The predicted molar refractivity (Wildman–Crippen MR) is 113 cm³/mol. The van der Waals surface area contributed by atoms with Gasteiger partial charge in [-0.2, -0.15) is 0 Å². The fourth-order valence-electron chi connectivity index (χ4n) is 3.27. The van der Waals surface area contributed by atoms with E-state index in [1.165, 1.54) is 25.1 Å². The zero-order valence-electron chi connectivity index (χ0n) is 18.0. The summed E-state index contributed by atoms with van der Waals surface area (Å²) in [7, 11) is -3.80. The van der Waals surface area contributed by atoms with Crippen molar-refractivity contribution in [3.8, 4) is 0 Å². The third kappa shape index (κ3) is 6.63. The van der Waals surface area contributed by atoms with Crippen LogP contribution < -0.4 is 10.0 Å². The Labute approximate surface area is 178 Å². The summed E-state index contributed by atoms with van der Waals surface area (Å²) in [6, 6.07) is 5.76. The monoisotopic (exact) mass is 437 g/mol. The second kappa shape index (κ2) is 9.70. The molecule has 2 amide bonds. The molecule has 0 saturated carbocycles. The number of nitrogens with zero attached hydrogens (tertiary/aromatic N) is 1. The van der Waals surface area contributed by atoms with Gasteiger partial charge in [0.1, 0.15) is 0 Å². The van der Waals surface area contributed by atoms with Crippen LogP contribution in [0.3, 0.4) is 0 Å². The van der Waals surface area contributed by atoms with Crippen LogP contribution in [0.25, 0.3) is 0 Å². The molecule has 30 heavy (non-hydrogen) atoms. The third-order valence-corrected chi connectivity index (χ3v) is 6.44. The Morgan fingerprint density at radius 1 is 1.13 bits per heavy atom. The second-order valence-electron chi connectivity index (χ2n) is 8.62. The lowest BCUT2D eigenvalue weighted by Gasteiger charge is -2.36. The van der Waals surface area contributed by atoms with Crippen LogP contribution in [0.1, 0.15) is 57.3 Å². The number of likely N-dealkylation sites (tertiary alicyclic amines) is 1. The lowest BCUT2D eigenvalue weighted by Crippen LogP contribution is -2.49. The maximum atomic E-state index is 12.4. The number of piperidine rings is 1. The molecule has 0 spiro atoms. The van der Waals surface area contributed by atoms with E-state index in [2.05, 4.69) is 10.0 Å². The molecule has 9 heteroatoms. The van der Waals surface area contributed by atoms with Crippen molar-refractivity contribution in [2.24, 2.45) is 5.41 Å². The van der Waals surface area contributed by atoms with Gasteiger partial charge in [0.2, 0.25) is 21.8 Å². The Kier molecular flexibility index (Phi) is 7.76. The molecule has 1 aliphatic heterocycles. The van der Waals surface area contributed by atoms with Gasteiger partial charge in [0.15, 0.2) is 5.78 Å². The summed E-state index contributed by atoms with van der Waals surface area (Å²) in [4.78, 5) is 37.7. The van der Waals surface area contributed by atoms with E-state index in [1.54, 1.807) is 6.07 Å². The molecule has 0 unspecified atom stereocenters. The number of carbonyl (C=O) groups is 3. The number of rotatable bonds is 7. The first-order chi connectivity index (χ1) is 13.9. The van der Waals surface area contributed by atoms with Crippen LogP contribution in [0.5, 0.6) is 0 Å². The number of hydrogen-bond acceptors (Lipinski definition) is 5. The molecule has 1 heterocycles. The van der Waals surface area contributed by atoms with E-state index < -0.39 is 15.4 Å². The number of hydrogen-bond donors (Lipinski definition) is 2. The highest BCUT2D eigenvalue weighted by atomic mass is 32.2. The summed E-state index contributed by atoms with van der Waals surface area (Å²) in [5, 5.41) is 2.91. The molecule has 0 atom stereocenters. The quantitative estimate of drug-likeness (QED) is 0.631. The van der Waals surface area contributed by atoms with Gasteiger partial charge in [0.25, 0.3) is 0 Å². The first-order valence-electron chi connectivity index (χ1n) is 10.1. The van der Waals surface area contributed by atoms with Crippen molar-refractivity contribution in [3.63, 3.8) is 0 Å². The highest BCUT2D eigenvalue weighted by Crippen LogP contribution is 2.21. The summed E-state index contributed by atoms with van der Waals surface area (Å²) >= 11 is 0. The Morgan fingerprint density at radius 3 is 2.33 bits per heavy atom. The van der Waals surface area contributed by atoms with Gasteiger partial charge in [0.05, 0.1) is 4.90 Å². The van der Waals surface area contributed by atoms with E-state index in [0.717, 1.165) is 0 Å². The number of nitrogens with one attached hydrogen (secondary N) is 2. The molecular formula is C21H31N3O5S. The van der Waals surface area contributed by atoms with Crippen LogP contribution in [-0.2, 0) is 19.6 Å². The SMILES string of the molecule is CC(=O)c1cccc(S(=O)(=O)NCCC(=O)NC2CCN(C(=O)C(C)(C)C)CC2)c1. The normalized spacial score (nSPS) is 15.7. The zero-order valence-corrected chi connectivity index (χ0v) is 18.8. The summed E-state index contributed by atoms with van der Waals surface area (Å²) < 4.78 is 27.1. The van der Waals surface area contributed by atoms with Gasteiger partial charge in [-0.1, -0.05) is 32.9 Å². The van der Waals surface area contributed by atoms with Gasteiger partial charge in [-0.3, -0.25) is 14.4 Å². The van der Waals surface area contributed by atoms with Crippen molar-refractivity contribution in [1.29, 1.82) is 0 Å². The number of amides is 2. The zero-order chi connectivity index (χ0) is 22.5. The van der Waals surface area contributed by atoms with E-state index in [-0.39, 0.29) is 41.5 Å². The fraction of sp³-hybridized carbons (Fsp3) is 0.571. The number of Topliss-reactive ketones (excluding diaryl/α,β-unsaturated/α-hetero) is 1. The minimum absolute atomic E-state index is 0.00671. The van der Waals surface area contributed by atoms with Gasteiger partial charge in [-0.15, -0.1) is 0 Å². The van der Waals surface area contributed by atoms with Crippen LogP contribution in [0.2, 0.25) is 0 Å². The first kappa shape index (κ1) is 24.0. The van der Waals surface area contributed by atoms with E-state index in [4.69, 9.17) is 0 Å². The van der Waals surface area contributed by atoms with Crippen molar-refractivity contribution in [2.75, 3.05) is 19.6 Å². The highest BCUT2D eigenvalue weighted by Gasteiger charge is 2.30. The molecule has 8 nitrogen and oxygen atoms in total. The molecule has 0 aromatic heterocycles. The molecule has 1 aromatic rings. The van der Waals surface area contributed by atoms with Crippen molar-refractivity contribution in [1.82, 2.24) is 14.9 Å². The van der Waals surface area contributed by atoms with Crippen molar-refractivity contribution < 1.29 is 22.8 Å². The molecule has 166 valence electrons. The van der Waals surface area contributed by atoms with Crippen LogP contribution in [0.15, 0.2) is 29.2 Å². The van der Waals surface area contributed by atoms with Crippen molar-refractivity contribution >= 4 is 27.6 Å². The molecule has 2 N–H and O–H groups in total. The molecule has 1 fully saturated rings. The molecule has 0 bridgehead atoms. The van der Waals surface area contributed by atoms with E-state index in [0.29, 0.717) is 31.5 Å². The van der Waals surface area contributed by atoms with E-state index in [1.807, 2.05) is 25.7 Å². The van der Waals surface area contributed by atoms with Crippen molar-refractivity contribution in [2.45, 2.75) is 57.9 Å². The number of sulfonamides is 1. The predicted octanol–water partition coefficient (Wildman–Crippen LogP) is 1.71. The van der Waals surface area contributed by atoms with E-state index >= 15 is 0 Å². The van der Waals surface area contributed by atoms with Crippen LogP contribution >= 0.6 is 0 Å². The molecule has 0 radical (unpaired) electrons. The summed E-state index contributed by atoms with van der Waals surface area (Å²) in [6.45, 7) is 8.19. The number of ketones is 1. The molecule has 1 aliphatic rings. The largest absolute Gasteiger partial charge is 0.353 e. The Balaban J connectivity index is 1.78. The second-order valence-corrected chi connectivity index (χ2v) is 10.4. The van der Waals surface area contributed by atoms with E-state index in [9.17, 15) is 22.8 Å². The van der Waals surface area contributed by atoms with Gasteiger partial charge in [-0.25, -0.2) is 13.1 Å². The van der Waals surface area contributed by atoms with Crippen LogP contribution in [0.4, 0.5) is 0 Å². The Bertz CT molecular complexity index is 897. The van der Waals surface area contributed by atoms with Gasteiger partial charge in [-0.05, 0) is 31.9 Å². The molecule has 2 rings (SSSR count). The molecule has 1 aromatic carbocycles. The standard InChI is InChI=1S/C21H31N3O5S/c1-15(25)16-6-5-7-18(14-16)30(28,29)22-11-8-19(26)23-17-9-12-24(13-10-17)20(27)21(2,3)4/h5-7,14,17,22H,8-13H2,1-4H3,(H,23,26). The van der Waals surface area contributed by atoms with Gasteiger partial charge in [0, 0.05) is 43.1 Å². The molecule has 0 aliphatic carbocycles. The van der Waals surface area contributed by atoms with Gasteiger partial charge < -0.3 is 10.2 Å². The van der Waals surface area contributed by atoms with Gasteiger partial charge >= 0.3 is 0 Å². The summed E-state index contributed by atoms with van der Waals surface area (Å²) in [6.07, 6.45) is 1.36. The van der Waals surface area contributed by atoms with Crippen molar-refractivity contribution in [3.05, 3.63) is 29.8 Å². The Morgan fingerprint density at radius 2 is 1.77 bits per heavy atom. The average molecular weight is 438 g/mol. The average Bonchev–Trinajstić information content (AvgIpc) is 2.67. The summed E-state index contributed by atoms with van der Waals surface area (Å²) in [5.74, 6) is -0.354. The lowest BCUT2D eigenvalue weighted by molar-refractivity contribution is -0.140. The highest BCUT2D eigenvalue weighted by molar-refractivity contribution is 7.89. The topological polar surface area (TPSA) is 113 Å². The number of benzene rings is 1. The fourth-order valence-corrected chi connectivity index (χ4v) is 4.34. The molecule has 1 saturated heterocycles. The smallest absolute Gasteiger partial charge is 0.240 e. The first-order valence-corrected chi connectivity index (χ1v) is 11.6.